The molecule has 0 bridgehead atoms. The molecule has 1 amide bonds. The summed E-state index contributed by atoms with van der Waals surface area (Å²) in [5.74, 6) is 0.890. The molecule has 0 saturated carbocycles. The lowest BCUT2D eigenvalue weighted by molar-refractivity contribution is -0.116. The molecule has 2 nitrogen and oxygen atoms in total. The summed E-state index contributed by atoms with van der Waals surface area (Å²) in [5.41, 5.74) is 1.27. The number of hydrogen-bond donors (Lipinski definition) is 1. The minimum Gasteiger partial charge on any atom is -0.353 e. The highest BCUT2D eigenvalue weighted by Gasteiger charge is 1.92. The first-order valence-corrected chi connectivity index (χ1v) is 6.47. The van der Waals surface area contributed by atoms with Crippen LogP contribution in [0.3, 0.4) is 0 Å². The molecule has 0 unspecified atom stereocenters. The van der Waals surface area contributed by atoms with Gasteiger partial charge in [0.05, 0.1) is 0 Å². The van der Waals surface area contributed by atoms with Gasteiger partial charge in [-0.25, -0.2) is 0 Å². The highest BCUT2D eigenvalue weighted by atomic mass is 32.2. The van der Waals surface area contributed by atoms with Crippen LogP contribution in [0.15, 0.2) is 41.8 Å². The number of nitrogens with one attached hydrogen (secondary N) is 1. The first-order valence-electron chi connectivity index (χ1n) is 5.43. The SMILES string of the molecule is CCCNC(=O)/C=C\SCc1ccccc1. The van der Waals surface area contributed by atoms with Gasteiger partial charge in [0, 0.05) is 18.4 Å². The second kappa shape index (κ2) is 7.99. The second-order valence-corrected chi connectivity index (χ2v) is 4.28. The normalized spacial score (nSPS) is 10.6. The van der Waals surface area contributed by atoms with E-state index in [1.165, 1.54) is 5.56 Å². The zero-order chi connectivity index (χ0) is 11.6. The molecular formula is C13H17NOS. The molecule has 0 fully saturated rings. The Labute approximate surface area is 101 Å². The second-order valence-electron chi connectivity index (χ2n) is 3.39. The van der Waals surface area contributed by atoms with Crippen molar-refractivity contribution in [1.82, 2.24) is 5.32 Å². The fourth-order valence-electron chi connectivity index (χ4n) is 1.14. The zero-order valence-corrected chi connectivity index (χ0v) is 10.3. The largest absolute Gasteiger partial charge is 0.353 e. The summed E-state index contributed by atoms with van der Waals surface area (Å²) < 4.78 is 0. The van der Waals surface area contributed by atoms with Crippen molar-refractivity contribution in [1.29, 1.82) is 0 Å². The molecule has 16 heavy (non-hydrogen) atoms. The van der Waals surface area contributed by atoms with Gasteiger partial charge >= 0.3 is 0 Å². The van der Waals surface area contributed by atoms with Crippen molar-refractivity contribution in [3.8, 4) is 0 Å². The highest BCUT2D eigenvalue weighted by Crippen LogP contribution is 2.12. The Morgan fingerprint density at radius 3 is 2.81 bits per heavy atom. The Kier molecular flexibility index (Phi) is 6.42. The molecule has 0 saturated heterocycles. The van der Waals surface area contributed by atoms with Crippen molar-refractivity contribution in [2.24, 2.45) is 0 Å². The van der Waals surface area contributed by atoms with Gasteiger partial charge in [-0.2, -0.15) is 0 Å². The van der Waals surface area contributed by atoms with E-state index in [4.69, 9.17) is 0 Å². The molecule has 0 aliphatic rings. The van der Waals surface area contributed by atoms with Crippen molar-refractivity contribution in [3.05, 3.63) is 47.4 Å². The van der Waals surface area contributed by atoms with Gasteiger partial charge in [-0.1, -0.05) is 37.3 Å². The van der Waals surface area contributed by atoms with E-state index in [-0.39, 0.29) is 5.91 Å². The van der Waals surface area contributed by atoms with Crippen LogP contribution in [0.5, 0.6) is 0 Å². The average Bonchev–Trinajstić information content (AvgIpc) is 2.33. The first-order chi connectivity index (χ1) is 7.83. The number of rotatable bonds is 6. The molecule has 0 radical (unpaired) electrons. The lowest BCUT2D eigenvalue weighted by Crippen LogP contribution is -2.21. The van der Waals surface area contributed by atoms with Crippen molar-refractivity contribution in [2.75, 3.05) is 6.54 Å². The molecule has 1 N–H and O–H groups in total. The molecule has 0 spiro atoms. The molecule has 1 rings (SSSR count). The van der Waals surface area contributed by atoms with Crippen LogP contribution in [-0.4, -0.2) is 12.5 Å². The van der Waals surface area contributed by atoms with Crippen molar-refractivity contribution in [3.63, 3.8) is 0 Å². The number of benzene rings is 1. The molecular weight excluding hydrogens is 218 g/mol. The Morgan fingerprint density at radius 1 is 1.38 bits per heavy atom. The van der Waals surface area contributed by atoms with E-state index in [2.05, 4.69) is 17.4 Å². The third-order valence-electron chi connectivity index (χ3n) is 1.96. The van der Waals surface area contributed by atoms with E-state index in [0.29, 0.717) is 0 Å². The van der Waals surface area contributed by atoms with Crippen LogP contribution in [0.4, 0.5) is 0 Å². The number of carbonyl (C=O) groups is 1. The lowest BCUT2D eigenvalue weighted by atomic mass is 10.2. The van der Waals surface area contributed by atoms with E-state index < -0.39 is 0 Å². The summed E-state index contributed by atoms with van der Waals surface area (Å²) >= 11 is 1.63. The minimum absolute atomic E-state index is 0.0117. The molecule has 1 aromatic rings. The summed E-state index contributed by atoms with van der Waals surface area (Å²) in [4.78, 5) is 11.2. The molecule has 0 aliphatic carbocycles. The zero-order valence-electron chi connectivity index (χ0n) is 9.48. The van der Waals surface area contributed by atoms with Crippen molar-refractivity contribution < 1.29 is 4.79 Å². The van der Waals surface area contributed by atoms with Gasteiger partial charge in [-0.3, -0.25) is 4.79 Å². The molecule has 0 aliphatic heterocycles. The van der Waals surface area contributed by atoms with E-state index in [1.807, 2.05) is 30.5 Å². The van der Waals surface area contributed by atoms with Crippen LogP contribution in [-0.2, 0) is 10.5 Å². The Morgan fingerprint density at radius 2 is 2.12 bits per heavy atom. The highest BCUT2D eigenvalue weighted by molar-refractivity contribution is 8.01. The quantitative estimate of drug-likeness (QED) is 0.768. The molecule has 0 aromatic heterocycles. The molecule has 0 heterocycles. The van der Waals surface area contributed by atoms with Crippen molar-refractivity contribution >= 4 is 17.7 Å². The van der Waals surface area contributed by atoms with Crippen LogP contribution >= 0.6 is 11.8 Å². The van der Waals surface area contributed by atoms with Crippen LogP contribution in [0.1, 0.15) is 18.9 Å². The van der Waals surface area contributed by atoms with Gasteiger partial charge in [-0.05, 0) is 17.4 Å². The number of amides is 1. The minimum atomic E-state index is -0.0117. The van der Waals surface area contributed by atoms with Crippen molar-refractivity contribution in [2.45, 2.75) is 19.1 Å². The predicted octanol–water partition coefficient (Wildman–Crippen LogP) is 2.96. The van der Waals surface area contributed by atoms with Crippen LogP contribution in [0.25, 0.3) is 0 Å². The molecule has 1 aromatic carbocycles. The summed E-state index contributed by atoms with van der Waals surface area (Å²) in [7, 11) is 0. The fourth-order valence-corrected chi connectivity index (χ4v) is 1.84. The summed E-state index contributed by atoms with van der Waals surface area (Å²) in [6, 6.07) is 10.2. The first kappa shape index (κ1) is 12.8. The molecule has 0 atom stereocenters. The lowest BCUT2D eigenvalue weighted by Gasteiger charge is -1.98. The summed E-state index contributed by atoms with van der Waals surface area (Å²) in [6.45, 7) is 2.78. The standard InChI is InChI=1S/C13H17NOS/c1-2-9-14-13(15)8-10-16-11-12-6-4-3-5-7-12/h3-8,10H,2,9,11H2,1H3,(H,14,15)/b10-8-. The number of thioether (sulfide) groups is 1. The van der Waals surface area contributed by atoms with Crippen LogP contribution in [0.2, 0.25) is 0 Å². The molecule has 86 valence electrons. The Bertz CT molecular complexity index is 335. The van der Waals surface area contributed by atoms with Gasteiger partial charge in [0.15, 0.2) is 0 Å². The topological polar surface area (TPSA) is 29.1 Å². The third kappa shape index (κ3) is 5.61. The monoisotopic (exact) mass is 235 g/mol. The van der Waals surface area contributed by atoms with Crippen LogP contribution in [0, 0.1) is 0 Å². The van der Waals surface area contributed by atoms with Crippen LogP contribution < -0.4 is 5.32 Å². The predicted molar refractivity (Wildman–Crippen MR) is 70.2 cm³/mol. The van der Waals surface area contributed by atoms with Gasteiger partial charge < -0.3 is 5.32 Å². The fraction of sp³-hybridized carbons (Fsp3) is 0.308. The average molecular weight is 235 g/mol. The smallest absolute Gasteiger partial charge is 0.244 e. The molecule has 3 heteroatoms. The maximum Gasteiger partial charge on any atom is 0.244 e. The Balaban J connectivity index is 2.20. The van der Waals surface area contributed by atoms with E-state index in [1.54, 1.807) is 17.8 Å². The van der Waals surface area contributed by atoms with Gasteiger partial charge in [-0.15, -0.1) is 11.8 Å². The van der Waals surface area contributed by atoms with E-state index in [9.17, 15) is 4.79 Å². The number of carbonyl (C=O) groups excluding carboxylic acids is 1. The Hall–Kier alpha value is -1.22. The summed E-state index contributed by atoms with van der Waals surface area (Å²) in [6.07, 6.45) is 2.56. The van der Waals surface area contributed by atoms with Gasteiger partial charge in [0.1, 0.15) is 0 Å². The number of hydrogen-bond acceptors (Lipinski definition) is 2. The summed E-state index contributed by atoms with van der Waals surface area (Å²) in [5, 5.41) is 4.64. The third-order valence-corrected chi connectivity index (χ3v) is 2.79. The van der Waals surface area contributed by atoms with E-state index in [0.717, 1.165) is 18.7 Å². The van der Waals surface area contributed by atoms with E-state index >= 15 is 0 Å². The van der Waals surface area contributed by atoms with Gasteiger partial charge in [0.25, 0.3) is 0 Å². The van der Waals surface area contributed by atoms with Gasteiger partial charge in [0.2, 0.25) is 5.91 Å². The maximum atomic E-state index is 11.2. The maximum absolute atomic E-state index is 11.2.